The van der Waals surface area contributed by atoms with Crippen molar-refractivity contribution in [1.29, 1.82) is 0 Å². The number of rotatable bonds is 6. The first kappa shape index (κ1) is 20.1. The molecule has 0 spiro atoms. The average molecular weight is 394 g/mol. The van der Waals surface area contributed by atoms with Crippen LogP contribution in [0.4, 0.5) is 11.4 Å². The number of carbonyl (C=O) groups is 3. The zero-order valence-corrected chi connectivity index (χ0v) is 16.2. The van der Waals surface area contributed by atoms with Crippen LogP contribution in [0.1, 0.15) is 25.8 Å². The molecule has 2 N–H and O–H groups in total. The Bertz CT molecular complexity index is 911. The third kappa shape index (κ3) is 5.68. The molecule has 0 saturated carbocycles. The summed E-state index contributed by atoms with van der Waals surface area (Å²) in [5.41, 5.74) is 2.17. The SMILES string of the molecule is CC1(C)OC(=O)C(=CNc2ccc(NC(=O)CCc3ccccc3)cc2)C(=O)O1. The van der Waals surface area contributed by atoms with Gasteiger partial charge in [-0.2, -0.15) is 0 Å². The van der Waals surface area contributed by atoms with Crippen molar-refractivity contribution >= 4 is 29.2 Å². The van der Waals surface area contributed by atoms with E-state index in [2.05, 4.69) is 10.6 Å². The number of hydrogen-bond acceptors (Lipinski definition) is 6. The van der Waals surface area contributed by atoms with Gasteiger partial charge in [0.1, 0.15) is 0 Å². The fourth-order valence-electron chi connectivity index (χ4n) is 2.71. The molecule has 0 atom stereocenters. The molecule has 7 nitrogen and oxygen atoms in total. The highest BCUT2D eigenvalue weighted by Gasteiger charge is 2.38. The van der Waals surface area contributed by atoms with E-state index in [1.54, 1.807) is 24.3 Å². The molecule has 0 aromatic heterocycles. The first-order valence-electron chi connectivity index (χ1n) is 9.20. The minimum absolute atomic E-state index is 0.0769. The van der Waals surface area contributed by atoms with Gasteiger partial charge in [-0.05, 0) is 36.2 Å². The second kappa shape index (κ2) is 8.60. The van der Waals surface area contributed by atoms with E-state index in [0.29, 0.717) is 24.2 Å². The molecule has 29 heavy (non-hydrogen) atoms. The number of ether oxygens (including phenoxy) is 2. The van der Waals surface area contributed by atoms with E-state index < -0.39 is 17.7 Å². The van der Waals surface area contributed by atoms with Gasteiger partial charge < -0.3 is 20.1 Å². The topological polar surface area (TPSA) is 93.7 Å². The lowest BCUT2D eigenvalue weighted by Crippen LogP contribution is -2.42. The van der Waals surface area contributed by atoms with Crippen LogP contribution in [-0.4, -0.2) is 23.6 Å². The van der Waals surface area contributed by atoms with Crippen molar-refractivity contribution in [3.63, 3.8) is 0 Å². The Hall–Kier alpha value is -3.61. The fraction of sp³-hybridized carbons (Fsp3) is 0.227. The highest BCUT2D eigenvalue weighted by atomic mass is 16.7. The number of nitrogens with one attached hydrogen (secondary N) is 2. The van der Waals surface area contributed by atoms with Gasteiger partial charge >= 0.3 is 11.9 Å². The van der Waals surface area contributed by atoms with Crippen LogP contribution >= 0.6 is 0 Å². The van der Waals surface area contributed by atoms with E-state index in [1.165, 1.54) is 20.0 Å². The van der Waals surface area contributed by atoms with Gasteiger partial charge in [-0.15, -0.1) is 0 Å². The van der Waals surface area contributed by atoms with Crippen LogP contribution in [0.2, 0.25) is 0 Å². The molecule has 0 aliphatic carbocycles. The Balaban J connectivity index is 1.53. The quantitative estimate of drug-likeness (QED) is 0.443. The molecule has 0 unspecified atom stereocenters. The monoisotopic (exact) mass is 394 g/mol. The average Bonchev–Trinajstić information content (AvgIpc) is 2.67. The maximum absolute atomic E-state index is 12.1. The summed E-state index contributed by atoms with van der Waals surface area (Å²) in [6, 6.07) is 16.7. The lowest BCUT2D eigenvalue weighted by atomic mass is 10.1. The van der Waals surface area contributed by atoms with Gasteiger partial charge in [0, 0.05) is 37.8 Å². The highest BCUT2D eigenvalue weighted by molar-refractivity contribution is 6.15. The van der Waals surface area contributed by atoms with E-state index >= 15 is 0 Å². The standard InChI is InChI=1S/C22H22N2O5/c1-22(2)28-20(26)18(21(27)29-22)14-23-16-9-11-17(12-10-16)24-19(25)13-8-15-6-4-3-5-7-15/h3-7,9-12,14,23H,8,13H2,1-2H3,(H,24,25). The minimum atomic E-state index is -1.27. The van der Waals surface area contributed by atoms with Crippen molar-refractivity contribution < 1.29 is 23.9 Å². The number of amides is 1. The van der Waals surface area contributed by atoms with Gasteiger partial charge in [-0.3, -0.25) is 4.79 Å². The molecule has 1 amide bonds. The maximum atomic E-state index is 12.1. The Kier molecular flexibility index (Phi) is 5.97. The summed E-state index contributed by atoms with van der Waals surface area (Å²) in [5.74, 6) is -2.85. The van der Waals surface area contributed by atoms with Crippen molar-refractivity contribution in [1.82, 2.24) is 0 Å². The molecule has 1 heterocycles. The molecule has 1 aliphatic heterocycles. The van der Waals surface area contributed by atoms with Crippen molar-refractivity contribution in [2.24, 2.45) is 0 Å². The molecule has 0 radical (unpaired) electrons. The maximum Gasteiger partial charge on any atom is 0.350 e. The molecule has 7 heteroatoms. The first-order chi connectivity index (χ1) is 13.8. The van der Waals surface area contributed by atoms with Crippen LogP contribution < -0.4 is 10.6 Å². The van der Waals surface area contributed by atoms with E-state index in [9.17, 15) is 14.4 Å². The summed E-state index contributed by atoms with van der Waals surface area (Å²) in [7, 11) is 0. The summed E-state index contributed by atoms with van der Waals surface area (Å²) in [6.07, 6.45) is 2.30. The van der Waals surface area contributed by atoms with Crippen LogP contribution in [0.25, 0.3) is 0 Å². The second-order valence-corrected chi connectivity index (χ2v) is 6.99. The largest absolute Gasteiger partial charge is 0.419 e. The van der Waals surface area contributed by atoms with E-state index in [1.807, 2.05) is 30.3 Å². The number of carbonyl (C=O) groups excluding carboxylic acids is 3. The molecule has 0 bridgehead atoms. The second-order valence-electron chi connectivity index (χ2n) is 6.99. The number of esters is 2. The van der Waals surface area contributed by atoms with E-state index in [-0.39, 0.29) is 11.5 Å². The van der Waals surface area contributed by atoms with Gasteiger partial charge in [0.25, 0.3) is 5.79 Å². The van der Waals surface area contributed by atoms with Gasteiger partial charge in [0.2, 0.25) is 5.91 Å². The normalized spacial score (nSPS) is 15.2. The van der Waals surface area contributed by atoms with Crippen LogP contribution in [0, 0.1) is 0 Å². The first-order valence-corrected chi connectivity index (χ1v) is 9.20. The van der Waals surface area contributed by atoms with Crippen molar-refractivity contribution in [3.05, 3.63) is 71.9 Å². The molecule has 3 rings (SSSR count). The van der Waals surface area contributed by atoms with Gasteiger partial charge in [0.05, 0.1) is 0 Å². The van der Waals surface area contributed by atoms with E-state index in [0.717, 1.165) is 5.56 Å². The third-order valence-corrected chi connectivity index (χ3v) is 4.15. The molecular formula is C22H22N2O5. The Morgan fingerprint density at radius 2 is 1.52 bits per heavy atom. The van der Waals surface area contributed by atoms with Crippen LogP contribution in [0.3, 0.4) is 0 Å². The number of hydrogen-bond donors (Lipinski definition) is 2. The molecule has 150 valence electrons. The zero-order valence-electron chi connectivity index (χ0n) is 16.2. The smallest absolute Gasteiger partial charge is 0.350 e. The molecule has 2 aromatic carbocycles. The van der Waals surface area contributed by atoms with Crippen molar-refractivity contribution in [2.45, 2.75) is 32.5 Å². The predicted molar refractivity (Wildman–Crippen MR) is 108 cm³/mol. The van der Waals surface area contributed by atoms with Crippen LogP contribution in [0.15, 0.2) is 66.4 Å². The Labute approximate surface area is 168 Å². The number of aryl methyl sites for hydroxylation is 1. The lowest BCUT2D eigenvalue weighted by Gasteiger charge is -2.29. The highest BCUT2D eigenvalue weighted by Crippen LogP contribution is 2.23. The summed E-state index contributed by atoms with van der Waals surface area (Å²) < 4.78 is 10.1. The fourth-order valence-corrected chi connectivity index (χ4v) is 2.71. The predicted octanol–water partition coefficient (Wildman–Crippen LogP) is 3.39. The number of benzene rings is 2. The van der Waals surface area contributed by atoms with Gasteiger partial charge in [0.15, 0.2) is 5.57 Å². The summed E-state index contributed by atoms with van der Waals surface area (Å²) in [4.78, 5) is 35.9. The molecule has 1 aliphatic rings. The molecule has 2 aromatic rings. The molecule has 1 saturated heterocycles. The summed E-state index contributed by atoms with van der Waals surface area (Å²) >= 11 is 0. The van der Waals surface area contributed by atoms with Crippen LogP contribution in [0.5, 0.6) is 0 Å². The van der Waals surface area contributed by atoms with Gasteiger partial charge in [-0.1, -0.05) is 30.3 Å². The Morgan fingerprint density at radius 1 is 0.931 bits per heavy atom. The third-order valence-electron chi connectivity index (χ3n) is 4.15. The van der Waals surface area contributed by atoms with Gasteiger partial charge in [-0.25, -0.2) is 9.59 Å². The number of cyclic esters (lactones) is 2. The molecular weight excluding hydrogens is 372 g/mol. The Morgan fingerprint density at radius 3 is 2.14 bits per heavy atom. The van der Waals surface area contributed by atoms with Crippen molar-refractivity contribution in [3.8, 4) is 0 Å². The minimum Gasteiger partial charge on any atom is -0.419 e. The van der Waals surface area contributed by atoms with Crippen LogP contribution in [-0.2, 0) is 30.3 Å². The lowest BCUT2D eigenvalue weighted by molar-refractivity contribution is -0.222. The van der Waals surface area contributed by atoms with Crippen molar-refractivity contribution in [2.75, 3.05) is 10.6 Å². The van der Waals surface area contributed by atoms with E-state index in [4.69, 9.17) is 9.47 Å². The zero-order chi connectivity index (χ0) is 20.9. The molecule has 1 fully saturated rings. The summed E-state index contributed by atoms with van der Waals surface area (Å²) in [6.45, 7) is 2.97. The summed E-state index contributed by atoms with van der Waals surface area (Å²) in [5, 5.41) is 5.69. The number of anilines is 2.